The van der Waals surface area contributed by atoms with Crippen LogP contribution in [0, 0.1) is 47.3 Å². The van der Waals surface area contributed by atoms with E-state index in [0.717, 1.165) is 199 Å². The first-order valence-corrected chi connectivity index (χ1v) is 58.5. The van der Waals surface area contributed by atoms with Crippen LogP contribution in [0.5, 0.6) is 0 Å². The summed E-state index contributed by atoms with van der Waals surface area (Å²) in [4.78, 5) is 150. The number of hydrogen-bond donors (Lipinski definition) is 6. The second-order valence-electron chi connectivity index (χ2n) is 48.5. The molecule has 39 heteroatoms. The lowest BCUT2D eigenvalue weighted by Crippen LogP contribution is -2.63. The van der Waals surface area contributed by atoms with E-state index in [1.165, 1.54) is 195 Å². The summed E-state index contributed by atoms with van der Waals surface area (Å²) in [6.45, 7) is 30.9. The van der Waals surface area contributed by atoms with Crippen molar-refractivity contribution in [3.05, 3.63) is 30.1 Å². The van der Waals surface area contributed by atoms with E-state index < -0.39 is 5.92 Å². The number of nitrogens with zero attached hydrogens (tertiary/aromatic N) is 19. The van der Waals surface area contributed by atoms with Crippen molar-refractivity contribution in [1.82, 2.24) is 125 Å². The number of urea groups is 8. The van der Waals surface area contributed by atoms with Crippen LogP contribution in [0.15, 0.2) is 24.4 Å². The summed E-state index contributed by atoms with van der Waals surface area (Å²) in [7, 11) is 27.8. The van der Waals surface area contributed by atoms with Crippen LogP contribution < -0.4 is 32.2 Å². The van der Waals surface area contributed by atoms with Gasteiger partial charge >= 0.3 is 48.2 Å². The Morgan fingerprint density at radius 2 is 0.580 bits per heavy atom. The van der Waals surface area contributed by atoms with E-state index in [0.29, 0.717) is 117 Å². The molecule has 19 heterocycles. The molecule has 18 saturated heterocycles. The number of aromatic nitrogens is 1. The number of carbonyl (C=O) groups is 8. The maximum atomic E-state index is 12.9. The van der Waals surface area contributed by atoms with Gasteiger partial charge in [0.15, 0.2) is 0 Å². The van der Waals surface area contributed by atoms with Crippen molar-refractivity contribution in [3.63, 3.8) is 0 Å². The highest BCUT2D eigenvalue weighted by molar-refractivity contribution is 5.78. The average molecular weight is 2110 g/mol. The largest absolute Gasteiger partial charge is 0.377 e. The standard InChI is InChI=1S/C17H26N4O.C15H25F2N3O.C15H27N3O2.C14H25N3O2.2C13H25N3O.2C12H23N3O2/c1-20-11-7-14(8-12-20)16-6-4-10-21(16)17(22)19-13-15-5-2-3-9-18-15;1-19-7-4-11(5-8-19)13-3-2-6-20(13)14(21)18-12-9-15(16,17)10-12;1-15(10-20-11-15)16-14(19)18-7-3-4-13(18)12-5-8-17(2)9-6-12;1-16-7-4-11(5-8-16)13-3-2-6-17(13)14(18)15-12-9-19-10-12;2*1-14(2)13(17)16-8-4-5-12(16)11-6-9-15(3)10-7-11;2*1-14-8-5-10(6-9-14)11-4-3-7-15(11)12(16)13-17-2/h2-3,5,9,14,16H,4,6-8,10-13H2,1H3,(H,19,22);11-13H,2-10H2,1H3,(H,18,21);12-13H,3-11H2,1-2H3,(H,16,19);11-13H,2-10H2,1H3,(H,15,18);2*11-12H,4-10H2,1-3H3;2*10-11H,3-9H2,1-2H3,(H,13,16)/t16-;3*13-;12-;;11-;/m00000.0./s1. The molecular weight excluding hydrogens is 1910 g/mol. The van der Waals surface area contributed by atoms with Gasteiger partial charge in [-0.3, -0.25) is 14.7 Å². The smallest absolute Gasteiger partial charge is 0.341 e. The zero-order valence-electron chi connectivity index (χ0n) is 94.9. The van der Waals surface area contributed by atoms with E-state index >= 15 is 0 Å². The SMILES string of the molecule is CN1CCC(C2CCCN2C(=O)N(C)C)CC1.CN1CCC([C@@H]2CCCN2C(=O)N(C)C)CC1.CN1CCC([C@@H]2CCCN2C(=O)NC2(C)COC2)CC1.CN1CCC([C@@H]2CCCN2C(=O)NC2CC(F)(F)C2)CC1.CN1CCC([C@@H]2CCCN2C(=O)NC2COC2)CC1.CN1CCC([C@@H]2CCCN2C(=O)NCc2ccccn2)CC1.CONC(=O)N1CCCC1C1CCN(C)CC1.CONC(=O)N1CCC[C@H]1C1CCN(C)CC1. The highest BCUT2D eigenvalue weighted by atomic mass is 19.3. The lowest BCUT2D eigenvalue weighted by atomic mass is 9.87. The number of ether oxygens (including phenoxy) is 2. The molecule has 1 aromatic rings. The van der Waals surface area contributed by atoms with Crippen molar-refractivity contribution in [3.8, 4) is 0 Å². The Balaban J connectivity index is 0.000000143. The first-order chi connectivity index (χ1) is 72.1. The number of hydroxylamine groups is 2. The molecule has 1 aromatic heterocycles. The predicted octanol–water partition coefficient (Wildman–Crippen LogP) is 11.7. The maximum absolute atomic E-state index is 12.9. The number of carbonyl (C=O) groups excluding carboxylic acids is 8. The molecule has 1 aliphatic carbocycles. The second-order valence-corrected chi connectivity index (χ2v) is 48.5. The number of rotatable bonds is 15. The molecule has 0 radical (unpaired) electrons. The van der Waals surface area contributed by atoms with E-state index in [-0.39, 0.29) is 78.7 Å². The molecule has 19 fully saturated rings. The minimum Gasteiger partial charge on any atom is -0.377 e. The van der Waals surface area contributed by atoms with E-state index in [1.807, 2.05) is 61.1 Å². The second kappa shape index (κ2) is 59.2. The number of piperidine rings is 8. The summed E-state index contributed by atoms with van der Waals surface area (Å²) < 4.78 is 36.0. The van der Waals surface area contributed by atoms with Crippen LogP contribution in [0.3, 0.4) is 0 Å². The van der Waals surface area contributed by atoms with Gasteiger partial charge in [0.1, 0.15) is 0 Å². The molecule has 19 aliphatic rings. The van der Waals surface area contributed by atoms with Crippen molar-refractivity contribution >= 4 is 48.2 Å². The minimum absolute atomic E-state index is 0.0751. The third kappa shape index (κ3) is 34.8. The van der Waals surface area contributed by atoms with Crippen molar-refractivity contribution in [2.24, 2.45) is 47.3 Å². The van der Waals surface area contributed by atoms with Gasteiger partial charge in [0.05, 0.1) is 64.5 Å². The number of alkyl halides is 2. The molecular formula is C111H199F2N25O12. The van der Waals surface area contributed by atoms with Crippen molar-refractivity contribution in [2.75, 3.05) is 282 Å². The Kier molecular flexibility index (Phi) is 47.2. The number of likely N-dealkylation sites (tertiary alicyclic amines) is 16. The normalized spacial score (nSPS) is 28.3. The molecule has 2 unspecified atom stereocenters. The third-order valence-electron chi connectivity index (χ3n) is 36.8. The Morgan fingerprint density at radius 1 is 0.333 bits per heavy atom. The summed E-state index contributed by atoms with van der Waals surface area (Å²) in [6.07, 6.45) is 39.1. The Morgan fingerprint density at radius 3 is 0.807 bits per heavy atom. The molecule has 37 nitrogen and oxygen atoms in total. The molecule has 0 spiro atoms. The van der Waals surface area contributed by atoms with Crippen molar-refractivity contribution < 1.29 is 66.3 Å². The number of amides is 16. The molecule has 8 atom stereocenters. The lowest BCUT2D eigenvalue weighted by Gasteiger charge is -2.42. The van der Waals surface area contributed by atoms with Gasteiger partial charge in [-0.25, -0.2) is 58.1 Å². The fourth-order valence-electron chi connectivity index (χ4n) is 27.5. The fourth-order valence-corrected chi connectivity index (χ4v) is 27.5. The summed E-state index contributed by atoms with van der Waals surface area (Å²) >= 11 is 0. The van der Waals surface area contributed by atoms with E-state index in [2.05, 4.69) is 164 Å². The van der Waals surface area contributed by atoms with Gasteiger partial charge in [0.2, 0.25) is 0 Å². The van der Waals surface area contributed by atoms with E-state index in [1.54, 1.807) is 16.0 Å². The molecule has 16 amide bonds. The minimum atomic E-state index is -2.57. The number of halogens is 2. The van der Waals surface area contributed by atoms with Crippen LogP contribution in [0.2, 0.25) is 0 Å². The molecule has 6 N–H and O–H groups in total. The van der Waals surface area contributed by atoms with Crippen LogP contribution in [0.25, 0.3) is 0 Å². The molecule has 854 valence electrons. The van der Waals surface area contributed by atoms with Crippen molar-refractivity contribution in [1.29, 1.82) is 0 Å². The summed E-state index contributed by atoms with van der Waals surface area (Å²) in [5, 5.41) is 12.1. The van der Waals surface area contributed by atoms with Gasteiger partial charge in [-0.05, 0) is 433 Å². The lowest BCUT2D eigenvalue weighted by molar-refractivity contribution is -0.0904. The van der Waals surface area contributed by atoms with Gasteiger partial charge in [0.25, 0.3) is 5.92 Å². The van der Waals surface area contributed by atoms with Crippen molar-refractivity contribution in [2.45, 2.75) is 304 Å². The van der Waals surface area contributed by atoms with Gasteiger partial charge in [-0.15, -0.1) is 0 Å². The number of hydrogen-bond acceptors (Lipinski definition) is 21. The molecule has 18 aliphatic heterocycles. The highest BCUT2D eigenvalue weighted by Crippen LogP contribution is 2.42. The molecule has 1 saturated carbocycles. The zero-order chi connectivity index (χ0) is 107. The highest BCUT2D eigenvalue weighted by Gasteiger charge is 2.50. The van der Waals surface area contributed by atoms with Crippen LogP contribution in [0.1, 0.15) is 231 Å². The summed E-state index contributed by atoms with van der Waals surface area (Å²) in [5.74, 6) is 2.81. The zero-order valence-corrected chi connectivity index (χ0v) is 94.9. The molecule has 20 rings (SSSR count). The van der Waals surface area contributed by atoms with Crippen LogP contribution in [-0.2, 0) is 25.7 Å². The van der Waals surface area contributed by atoms with E-state index in [9.17, 15) is 47.1 Å². The number of nitrogens with one attached hydrogen (secondary N) is 6. The van der Waals surface area contributed by atoms with Gasteiger partial charge in [0, 0.05) is 154 Å². The van der Waals surface area contributed by atoms with E-state index in [4.69, 9.17) is 19.1 Å². The predicted molar refractivity (Wildman–Crippen MR) is 583 cm³/mol. The number of pyridine rings is 1. The van der Waals surface area contributed by atoms with Crippen LogP contribution in [0.4, 0.5) is 47.1 Å². The Labute approximate surface area is 898 Å². The Hall–Kier alpha value is -7.31. The topological polar surface area (TPSA) is 317 Å². The molecule has 150 heavy (non-hydrogen) atoms. The molecule has 0 bridgehead atoms. The molecule has 0 aromatic carbocycles. The fraction of sp³-hybridized carbons (Fsp3) is 0.883. The maximum Gasteiger partial charge on any atom is 0.341 e. The quantitative estimate of drug-likeness (QED) is 0.0889. The van der Waals surface area contributed by atoms with Gasteiger partial charge in [-0.2, -0.15) is 0 Å². The van der Waals surface area contributed by atoms with Crippen LogP contribution >= 0.6 is 0 Å². The first-order valence-electron chi connectivity index (χ1n) is 58.5. The third-order valence-corrected chi connectivity index (χ3v) is 36.8. The summed E-state index contributed by atoms with van der Waals surface area (Å²) in [5.41, 5.74) is 5.65. The van der Waals surface area contributed by atoms with Crippen LogP contribution in [-0.4, -0.2) is 496 Å². The first kappa shape index (κ1) is 120. The van der Waals surface area contributed by atoms with Gasteiger partial charge < -0.3 is 119 Å². The monoisotopic (exact) mass is 2110 g/mol. The average Bonchev–Trinajstić information content (AvgIpc) is 1.22. The summed E-state index contributed by atoms with van der Waals surface area (Å²) in [6, 6.07) is 9.62. The van der Waals surface area contributed by atoms with Gasteiger partial charge in [-0.1, -0.05) is 6.07 Å². The Bertz CT molecular complexity index is 4080.